The average Bonchev–Trinajstić information content (AvgIpc) is 2.25. The van der Waals surface area contributed by atoms with Crippen molar-refractivity contribution >= 4 is 14.0 Å². The first kappa shape index (κ1) is 14.3. The SMILES string of the molecule is CCOC(=O)c1cc(O)cc(C#C[Si](C)(C)C)c1. The Morgan fingerprint density at radius 2 is 2.00 bits per heavy atom. The van der Waals surface area contributed by atoms with Gasteiger partial charge in [-0.15, -0.1) is 5.54 Å². The molecule has 4 heteroatoms. The molecule has 1 rings (SSSR count). The number of ether oxygens (including phenoxy) is 1. The van der Waals surface area contributed by atoms with Crippen molar-refractivity contribution in [3.63, 3.8) is 0 Å². The number of rotatable bonds is 2. The van der Waals surface area contributed by atoms with Crippen molar-refractivity contribution in [2.45, 2.75) is 26.6 Å². The molecule has 0 aliphatic rings. The van der Waals surface area contributed by atoms with Gasteiger partial charge in [0.15, 0.2) is 0 Å². The smallest absolute Gasteiger partial charge is 0.338 e. The molecule has 0 heterocycles. The lowest BCUT2D eigenvalue weighted by atomic mass is 10.1. The first-order valence-corrected chi connectivity index (χ1v) is 9.36. The van der Waals surface area contributed by atoms with E-state index in [0.717, 1.165) is 0 Å². The molecule has 0 atom stereocenters. The molecule has 1 aromatic rings. The molecular weight excluding hydrogens is 244 g/mol. The minimum absolute atomic E-state index is 0.0282. The third-order valence-electron chi connectivity index (χ3n) is 2.01. The third kappa shape index (κ3) is 4.64. The summed E-state index contributed by atoms with van der Waals surface area (Å²) in [6.45, 7) is 8.45. The summed E-state index contributed by atoms with van der Waals surface area (Å²) in [6.07, 6.45) is 0. The molecule has 0 radical (unpaired) electrons. The van der Waals surface area contributed by atoms with Crippen molar-refractivity contribution < 1.29 is 14.6 Å². The van der Waals surface area contributed by atoms with E-state index in [4.69, 9.17) is 4.74 Å². The lowest BCUT2D eigenvalue weighted by Crippen LogP contribution is -2.16. The molecule has 0 fully saturated rings. The summed E-state index contributed by atoms with van der Waals surface area (Å²) in [5.74, 6) is 2.59. The van der Waals surface area contributed by atoms with Crippen LogP contribution in [0.25, 0.3) is 0 Å². The summed E-state index contributed by atoms with van der Waals surface area (Å²) in [5, 5.41) is 9.58. The predicted octanol–water partition coefficient (Wildman–Crippen LogP) is 2.80. The Morgan fingerprint density at radius 1 is 1.33 bits per heavy atom. The Balaban J connectivity index is 3.08. The Labute approximate surface area is 109 Å². The summed E-state index contributed by atoms with van der Waals surface area (Å²) < 4.78 is 4.89. The van der Waals surface area contributed by atoms with Crippen LogP contribution in [0.3, 0.4) is 0 Å². The van der Waals surface area contributed by atoms with Crippen molar-refractivity contribution in [3.8, 4) is 17.2 Å². The highest BCUT2D eigenvalue weighted by Gasteiger charge is 2.10. The molecule has 0 saturated heterocycles. The fourth-order valence-corrected chi connectivity index (χ4v) is 1.79. The summed E-state index contributed by atoms with van der Waals surface area (Å²) in [6, 6.07) is 4.58. The van der Waals surface area contributed by atoms with Gasteiger partial charge in [-0.2, -0.15) is 0 Å². The van der Waals surface area contributed by atoms with Gasteiger partial charge >= 0.3 is 5.97 Å². The minimum Gasteiger partial charge on any atom is -0.508 e. The van der Waals surface area contributed by atoms with Crippen LogP contribution < -0.4 is 0 Å². The Hall–Kier alpha value is -1.73. The topological polar surface area (TPSA) is 46.5 Å². The Kier molecular flexibility index (Phi) is 4.57. The van der Waals surface area contributed by atoms with Crippen LogP contribution in [0.4, 0.5) is 0 Å². The lowest BCUT2D eigenvalue weighted by Gasteiger charge is -2.05. The highest BCUT2D eigenvalue weighted by molar-refractivity contribution is 6.83. The summed E-state index contributed by atoms with van der Waals surface area (Å²) in [4.78, 5) is 11.6. The molecule has 3 nitrogen and oxygen atoms in total. The number of phenolic OH excluding ortho intramolecular Hbond substituents is 1. The van der Waals surface area contributed by atoms with Gasteiger partial charge in [0, 0.05) is 5.56 Å². The van der Waals surface area contributed by atoms with Crippen LogP contribution in [0.1, 0.15) is 22.8 Å². The van der Waals surface area contributed by atoms with Crippen LogP contribution in [0.15, 0.2) is 18.2 Å². The zero-order valence-electron chi connectivity index (χ0n) is 11.2. The second-order valence-electron chi connectivity index (χ2n) is 4.99. The molecule has 1 N–H and O–H groups in total. The second-order valence-corrected chi connectivity index (χ2v) is 9.74. The van der Waals surface area contributed by atoms with Gasteiger partial charge in [0.2, 0.25) is 0 Å². The molecule has 0 aliphatic carbocycles. The number of hydrogen-bond donors (Lipinski definition) is 1. The van der Waals surface area contributed by atoms with Crippen molar-refractivity contribution in [2.75, 3.05) is 6.61 Å². The van der Waals surface area contributed by atoms with Crippen molar-refractivity contribution in [1.29, 1.82) is 0 Å². The van der Waals surface area contributed by atoms with Crippen LogP contribution in [0, 0.1) is 11.5 Å². The van der Waals surface area contributed by atoms with Crippen molar-refractivity contribution in [3.05, 3.63) is 29.3 Å². The van der Waals surface area contributed by atoms with Gasteiger partial charge in [0.1, 0.15) is 13.8 Å². The quantitative estimate of drug-likeness (QED) is 0.506. The van der Waals surface area contributed by atoms with Gasteiger partial charge in [0.25, 0.3) is 0 Å². The summed E-state index contributed by atoms with van der Waals surface area (Å²) in [7, 11) is -1.48. The van der Waals surface area contributed by atoms with Gasteiger partial charge in [-0.05, 0) is 25.1 Å². The number of phenols is 1. The van der Waals surface area contributed by atoms with Crippen LogP contribution in [0.5, 0.6) is 5.75 Å². The minimum atomic E-state index is -1.48. The first-order chi connectivity index (χ1) is 8.31. The first-order valence-electron chi connectivity index (χ1n) is 5.86. The van der Waals surface area contributed by atoms with Crippen molar-refractivity contribution in [2.24, 2.45) is 0 Å². The zero-order chi connectivity index (χ0) is 13.8. The maximum absolute atomic E-state index is 11.6. The lowest BCUT2D eigenvalue weighted by molar-refractivity contribution is 0.0526. The molecule has 0 bridgehead atoms. The molecule has 0 saturated carbocycles. The van der Waals surface area contributed by atoms with E-state index in [0.29, 0.717) is 17.7 Å². The van der Waals surface area contributed by atoms with Crippen LogP contribution in [0.2, 0.25) is 19.6 Å². The highest BCUT2D eigenvalue weighted by atomic mass is 28.3. The molecule has 0 amide bonds. The number of carbonyl (C=O) groups is 1. The molecule has 18 heavy (non-hydrogen) atoms. The normalized spacial score (nSPS) is 10.4. The molecule has 0 spiro atoms. The van der Waals surface area contributed by atoms with Gasteiger partial charge in [-0.1, -0.05) is 25.6 Å². The fraction of sp³-hybridized carbons (Fsp3) is 0.357. The summed E-state index contributed by atoms with van der Waals surface area (Å²) in [5.41, 5.74) is 4.16. The largest absolute Gasteiger partial charge is 0.508 e. The van der Waals surface area contributed by atoms with Gasteiger partial charge in [-0.3, -0.25) is 0 Å². The molecule has 1 aromatic carbocycles. The zero-order valence-corrected chi connectivity index (χ0v) is 12.2. The molecular formula is C14H18O3Si. The van der Waals surface area contributed by atoms with E-state index in [1.807, 2.05) is 0 Å². The number of aromatic hydroxyl groups is 1. The van der Waals surface area contributed by atoms with E-state index in [2.05, 4.69) is 31.1 Å². The van der Waals surface area contributed by atoms with E-state index in [1.54, 1.807) is 19.1 Å². The second kappa shape index (κ2) is 5.74. The number of hydrogen-bond acceptors (Lipinski definition) is 3. The molecule has 0 aliphatic heterocycles. The van der Waals surface area contributed by atoms with Crippen LogP contribution >= 0.6 is 0 Å². The number of esters is 1. The van der Waals surface area contributed by atoms with Crippen LogP contribution in [-0.2, 0) is 4.74 Å². The number of benzene rings is 1. The third-order valence-corrected chi connectivity index (χ3v) is 2.89. The molecule has 0 unspecified atom stereocenters. The molecule has 96 valence electrons. The van der Waals surface area contributed by atoms with E-state index < -0.39 is 14.0 Å². The van der Waals surface area contributed by atoms with Gasteiger partial charge in [0.05, 0.1) is 12.2 Å². The highest BCUT2D eigenvalue weighted by Crippen LogP contribution is 2.16. The average molecular weight is 262 g/mol. The van der Waals surface area contributed by atoms with E-state index >= 15 is 0 Å². The fourth-order valence-electron chi connectivity index (χ4n) is 1.28. The maximum Gasteiger partial charge on any atom is 0.338 e. The van der Waals surface area contributed by atoms with Gasteiger partial charge in [-0.25, -0.2) is 4.79 Å². The predicted molar refractivity (Wildman–Crippen MR) is 74.3 cm³/mol. The molecule has 0 aromatic heterocycles. The standard InChI is InChI=1S/C14H18O3Si/c1-5-17-14(16)12-8-11(9-13(15)10-12)6-7-18(2,3)4/h8-10,15H,5H2,1-4H3. The van der Waals surface area contributed by atoms with E-state index in [1.165, 1.54) is 6.07 Å². The maximum atomic E-state index is 11.6. The number of carbonyl (C=O) groups excluding carboxylic acids is 1. The van der Waals surface area contributed by atoms with E-state index in [-0.39, 0.29) is 5.75 Å². The van der Waals surface area contributed by atoms with Crippen molar-refractivity contribution in [1.82, 2.24) is 0 Å². The van der Waals surface area contributed by atoms with Crippen LogP contribution in [-0.4, -0.2) is 25.8 Å². The van der Waals surface area contributed by atoms with E-state index in [9.17, 15) is 9.90 Å². The van der Waals surface area contributed by atoms with Gasteiger partial charge < -0.3 is 9.84 Å². The monoisotopic (exact) mass is 262 g/mol. The Morgan fingerprint density at radius 3 is 2.56 bits per heavy atom. The summed E-state index contributed by atoms with van der Waals surface area (Å²) >= 11 is 0. The Bertz CT molecular complexity index is 504.